The van der Waals surface area contributed by atoms with Gasteiger partial charge >= 0.3 is 0 Å². The molecule has 188 valence electrons. The third kappa shape index (κ3) is 5.11. The molecule has 1 aliphatic carbocycles. The first-order chi connectivity index (χ1) is 16.8. The molecule has 8 nitrogen and oxygen atoms in total. The molecule has 35 heavy (non-hydrogen) atoms. The number of ketones is 1. The summed E-state index contributed by atoms with van der Waals surface area (Å²) in [5.74, 6) is -0.963. The maximum atomic E-state index is 13.8. The summed E-state index contributed by atoms with van der Waals surface area (Å²) >= 11 is 6.25. The molecule has 1 saturated carbocycles. The first kappa shape index (κ1) is 25.3. The van der Waals surface area contributed by atoms with Crippen molar-refractivity contribution >= 4 is 34.9 Å². The van der Waals surface area contributed by atoms with E-state index in [1.807, 2.05) is 0 Å². The summed E-state index contributed by atoms with van der Waals surface area (Å²) < 4.78 is 18.8. The molecule has 10 heteroatoms. The van der Waals surface area contributed by atoms with E-state index in [1.165, 1.54) is 12.4 Å². The Bertz CT molecular complexity index is 1130. The van der Waals surface area contributed by atoms with Crippen molar-refractivity contribution in [1.29, 1.82) is 0 Å². The summed E-state index contributed by atoms with van der Waals surface area (Å²) in [4.78, 5) is 47.2. The lowest BCUT2D eigenvalue weighted by atomic mass is 9.71. The van der Waals surface area contributed by atoms with E-state index in [0.29, 0.717) is 62.9 Å². The normalized spacial score (nSPS) is 22.1. The summed E-state index contributed by atoms with van der Waals surface area (Å²) in [7, 11) is 1.57. The fourth-order valence-electron chi connectivity index (χ4n) is 5.11. The molecule has 4 rings (SSSR count). The second kappa shape index (κ2) is 10.5. The number of halogens is 2. The SMILES string of the molecule is COCCCC(=O)c1nc[nH]c1C(=O)NC1CCC2(CC1)CCN(c1cc(C)c(F)cc1Cl)C2=O. The Kier molecular flexibility index (Phi) is 7.56. The number of aromatic amines is 1. The van der Waals surface area contributed by atoms with Gasteiger partial charge in [0, 0.05) is 32.7 Å². The van der Waals surface area contributed by atoms with Gasteiger partial charge in [0.25, 0.3) is 5.91 Å². The third-order valence-electron chi connectivity index (χ3n) is 7.19. The standard InChI is InChI=1S/C25H30ClFN4O4/c1-15-12-19(17(26)13-18(15)27)31-10-9-25(24(31)34)7-5-16(6-8-25)30-23(33)22-21(28-14-29-22)20(32)4-3-11-35-2/h12-14,16H,3-11H2,1-2H3,(H,28,29)(H,30,33). The second-order valence-corrected chi connectivity index (χ2v) is 9.84. The van der Waals surface area contributed by atoms with Crippen molar-refractivity contribution in [3.8, 4) is 0 Å². The highest BCUT2D eigenvalue weighted by Gasteiger charge is 2.49. The van der Waals surface area contributed by atoms with Crippen LogP contribution in [-0.2, 0) is 9.53 Å². The number of anilines is 1. The van der Waals surface area contributed by atoms with Gasteiger partial charge in [-0.05, 0) is 63.1 Å². The number of rotatable bonds is 8. The van der Waals surface area contributed by atoms with E-state index in [4.69, 9.17) is 16.3 Å². The van der Waals surface area contributed by atoms with E-state index in [-0.39, 0.29) is 46.5 Å². The molecule has 2 N–H and O–H groups in total. The van der Waals surface area contributed by atoms with Gasteiger partial charge in [0.05, 0.1) is 22.5 Å². The lowest BCUT2D eigenvalue weighted by Crippen LogP contribution is -2.44. The fraction of sp³-hybridized carbons (Fsp3) is 0.520. The number of carbonyl (C=O) groups excluding carboxylic acids is 3. The summed E-state index contributed by atoms with van der Waals surface area (Å²) in [5.41, 5.74) is 0.796. The lowest BCUT2D eigenvalue weighted by molar-refractivity contribution is -0.127. The predicted octanol–water partition coefficient (Wildman–Crippen LogP) is 4.22. The van der Waals surface area contributed by atoms with Crippen LogP contribution in [0.4, 0.5) is 10.1 Å². The van der Waals surface area contributed by atoms with Crippen molar-refractivity contribution in [2.45, 2.75) is 57.9 Å². The number of H-pyrrole nitrogens is 1. The highest BCUT2D eigenvalue weighted by Crippen LogP contribution is 2.47. The number of methoxy groups -OCH3 is 1. The molecule has 0 radical (unpaired) electrons. The van der Waals surface area contributed by atoms with Crippen LogP contribution < -0.4 is 10.2 Å². The van der Waals surface area contributed by atoms with Crippen molar-refractivity contribution in [3.63, 3.8) is 0 Å². The van der Waals surface area contributed by atoms with Crippen molar-refractivity contribution in [2.24, 2.45) is 5.41 Å². The van der Waals surface area contributed by atoms with E-state index in [1.54, 1.807) is 25.0 Å². The second-order valence-electron chi connectivity index (χ2n) is 9.43. The summed E-state index contributed by atoms with van der Waals surface area (Å²) in [6.07, 6.45) is 5.42. The number of ether oxygens (including phenoxy) is 1. The maximum absolute atomic E-state index is 13.8. The Morgan fingerprint density at radius 1 is 1.31 bits per heavy atom. The van der Waals surface area contributed by atoms with Crippen molar-refractivity contribution in [1.82, 2.24) is 15.3 Å². The highest BCUT2D eigenvalue weighted by atomic mass is 35.5. The van der Waals surface area contributed by atoms with Gasteiger partial charge in [-0.15, -0.1) is 0 Å². The minimum absolute atomic E-state index is 0.00712. The van der Waals surface area contributed by atoms with Crippen LogP contribution in [0.3, 0.4) is 0 Å². The number of amides is 2. The molecule has 2 heterocycles. The molecule has 1 saturated heterocycles. The van der Waals surface area contributed by atoms with Gasteiger partial charge in [-0.2, -0.15) is 0 Å². The van der Waals surface area contributed by atoms with Gasteiger partial charge in [-0.1, -0.05) is 11.6 Å². The maximum Gasteiger partial charge on any atom is 0.270 e. The minimum atomic E-state index is -0.497. The Morgan fingerprint density at radius 2 is 2.06 bits per heavy atom. The number of nitrogens with zero attached hydrogens (tertiary/aromatic N) is 2. The quantitative estimate of drug-likeness (QED) is 0.414. The predicted molar refractivity (Wildman–Crippen MR) is 129 cm³/mol. The third-order valence-corrected chi connectivity index (χ3v) is 7.50. The first-order valence-electron chi connectivity index (χ1n) is 11.9. The van der Waals surface area contributed by atoms with Crippen LogP contribution in [0.25, 0.3) is 0 Å². The molecule has 2 amide bonds. The van der Waals surface area contributed by atoms with Gasteiger partial charge in [0.1, 0.15) is 17.2 Å². The van der Waals surface area contributed by atoms with Gasteiger partial charge < -0.3 is 19.9 Å². The van der Waals surface area contributed by atoms with Gasteiger partial charge in [0.15, 0.2) is 5.78 Å². The van der Waals surface area contributed by atoms with Gasteiger partial charge in [0.2, 0.25) is 5.91 Å². The number of Topliss-reactive ketones (excluding diaryl/α,β-unsaturated/α-hetero) is 1. The van der Waals surface area contributed by atoms with Crippen LogP contribution in [-0.4, -0.2) is 53.9 Å². The molecule has 1 aromatic heterocycles. The summed E-state index contributed by atoms with van der Waals surface area (Å²) in [6, 6.07) is 2.77. The fourth-order valence-corrected chi connectivity index (χ4v) is 5.36. The zero-order valence-corrected chi connectivity index (χ0v) is 20.7. The van der Waals surface area contributed by atoms with Crippen molar-refractivity contribution in [3.05, 3.63) is 46.3 Å². The highest BCUT2D eigenvalue weighted by molar-refractivity contribution is 6.34. The topological polar surface area (TPSA) is 104 Å². The number of hydrogen-bond donors (Lipinski definition) is 2. The Balaban J connectivity index is 1.36. The Labute approximate surface area is 208 Å². The number of aromatic nitrogens is 2. The molecular weight excluding hydrogens is 475 g/mol. The molecule has 2 aromatic rings. The average Bonchev–Trinajstić information content (AvgIpc) is 3.44. The van der Waals surface area contributed by atoms with E-state index >= 15 is 0 Å². The monoisotopic (exact) mass is 504 g/mol. The van der Waals surface area contributed by atoms with E-state index in [9.17, 15) is 18.8 Å². The number of hydrogen-bond acceptors (Lipinski definition) is 5. The Hall–Kier alpha value is -2.78. The summed E-state index contributed by atoms with van der Waals surface area (Å²) in [5, 5.41) is 3.22. The van der Waals surface area contributed by atoms with Crippen LogP contribution >= 0.6 is 11.6 Å². The average molecular weight is 505 g/mol. The molecule has 1 aromatic carbocycles. The van der Waals surface area contributed by atoms with Crippen LogP contribution in [0.5, 0.6) is 0 Å². The number of imidazole rings is 1. The largest absolute Gasteiger partial charge is 0.385 e. The van der Waals surface area contributed by atoms with E-state index in [2.05, 4.69) is 15.3 Å². The number of nitrogens with one attached hydrogen (secondary N) is 2. The smallest absolute Gasteiger partial charge is 0.270 e. The van der Waals surface area contributed by atoms with Crippen molar-refractivity contribution < 1.29 is 23.5 Å². The van der Waals surface area contributed by atoms with Crippen LogP contribution in [0.2, 0.25) is 5.02 Å². The van der Waals surface area contributed by atoms with E-state index in [0.717, 1.165) is 0 Å². The Morgan fingerprint density at radius 3 is 2.77 bits per heavy atom. The van der Waals surface area contributed by atoms with Gasteiger partial charge in [-0.3, -0.25) is 14.4 Å². The molecule has 2 aliphatic rings. The molecule has 0 unspecified atom stereocenters. The molecule has 0 atom stereocenters. The molecule has 1 aliphatic heterocycles. The number of aryl methyl sites for hydroxylation is 1. The first-order valence-corrected chi connectivity index (χ1v) is 12.3. The molecule has 0 bridgehead atoms. The summed E-state index contributed by atoms with van der Waals surface area (Å²) in [6.45, 7) is 2.64. The molecular formula is C25H30ClFN4O4. The van der Waals surface area contributed by atoms with Crippen LogP contribution in [0.1, 0.15) is 71.5 Å². The lowest BCUT2D eigenvalue weighted by Gasteiger charge is -2.36. The minimum Gasteiger partial charge on any atom is -0.385 e. The van der Waals surface area contributed by atoms with E-state index < -0.39 is 11.2 Å². The molecule has 2 fully saturated rings. The van der Waals surface area contributed by atoms with Crippen LogP contribution in [0.15, 0.2) is 18.5 Å². The zero-order valence-electron chi connectivity index (χ0n) is 20.0. The van der Waals surface area contributed by atoms with Crippen molar-refractivity contribution in [2.75, 3.05) is 25.2 Å². The van der Waals surface area contributed by atoms with Gasteiger partial charge in [-0.25, -0.2) is 9.37 Å². The number of carbonyl (C=O) groups is 3. The zero-order chi connectivity index (χ0) is 25.2. The number of benzene rings is 1. The van der Waals surface area contributed by atoms with Crippen LogP contribution in [0, 0.1) is 18.2 Å². The molecule has 1 spiro atoms.